The third-order valence-corrected chi connectivity index (χ3v) is 4.62. The molecule has 1 N–H and O–H groups in total. The number of carbonyl (C=O) groups excluding carboxylic acids is 1. The number of aromatic nitrogens is 3. The van der Waals surface area contributed by atoms with Gasteiger partial charge in [0, 0.05) is 18.3 Å². The van der Waals surface area contributed by atoms with Gasteiger partial charge in [-0.2, -0.15) is 0 Å². The lowest BCUT2D eigenvalue weighted by molar-refractivity contribution is -0.116. The van der Waals surface area contributed by atoms with Crippen molar-refractivity contribution in [3.05, 3.63) is 42.2 Å². The molecule has 2 aromatic rings. The number of nitrogens with one attached hydrogen (secondary N) is 1. The smallest absolute Gasteiger partial charge is 0.226 e. The van der Waals surface area contributed by atoms with Gasteiger partial charge in [-0.3, -0.25) is 9.48 Å². The Morgan fingerprint density at radius 3 is 3.12 bits per heavy atom. The van der Waals surface area contributed by atoms with Crippen molar-refractivity contribution in [1.29, 1.82) is 0 Å². The number of carbonyl (C=O) groups is 1. The molecule has 1 aliphatic carbocycles. The van der Waals surface area contributed by atoms with Crippen LogP contribution in [0.1, 0.15) is 44.6 Å². The first-order chi connectivity index (χ1) is 12.2. The zero-order valence-electron chi connectivity index (χ0n) is 14.7. The Morgan fingerprint density at radius 1 is 1.40 bits per heavy atom. The number of ether oxygens (including phenoxy) is 1. The summed E-state index contributed by atoms with van der Waals surface area (Å²) in [4.78, 5) is 12.1. The van der Waals surface area contributed by atoms with E-state index in [1.165, 1.54) is 12.8 Å². The first-order valence-electron chi connectivity index (χ1n) is 9.03. The zero-order valence-corrected chi connectivity index (χ0v) is 14.7. The number of hydrogen-bond acceptors (Lipinski definition) is 4. The van der Waals surface area contributed by atoms with Crippen LogP contribution < -0.4 is 5.32 Å². The van der Waals surface area contributed by atoms with Gasteiger partial charge in [0.1, 0.15) is 0 Å². The number of hydrogen-bond donors (Lipinski definition) is 1. The van der Waals surface area contributed by atoms with Crippen molar-refractivity contribution >= 4 is 11.6 Å². The molecule has 1 aromatic carbocycles. The molecule has 1 aliphatic rings. The third kappa shape index (κ3) is 5.67. The Balaban J connectivity index is 1.46. The fourth-order valence-corrected chi connectivity index (χ4v) is 3.27. The van der Waals surface area contributed by atoms with Crippen LogP contribution in [0.25, 0.3) is 0 Å². The van der Waals surface area contributed by atoms with Crippen molar-refractivity contribution in [2.75, 3.05) is 5.32 Å². The molecule has 1 saturated carbocycles. The van der Waals surface area contributed by atoms with Gasteiger partial charge in [-0.1, -0.05) is 37.1 Å². The fraction of sp³-hybridized carbons (Fsp3) is 0.526. The van der Waals surface area contributed by atoms with Gasteiger partial charge in [0.15, 0.2) is 0 Å². The minimum Gasteiger partial charge on any atom is -0.374 e. The largest absolute Gasteiger partial charge is 0.374 e. The summed E-state index contributed by atoms with van der Waals surface area (Å²) in [6, 6.07) is 7.88. The van der Waals surface area contributed by atoms with Crippen LogP contribution >= 0.6 is 0 Å². The van der Waals surface area contributed by atoms with Crippen molar-refractivity contribution in [2.24, 2.45) is 5.92 Å². The summed E-state index contributed by atoms with van der Waals surface area (Å²) < 4.78 is 7.71. The predicted molar refractivity (Wildman–Crippen MR) is 95.9 cm³/mol. The van der Waals surface area contributed by atoms with Gasteiger partial charge >= 0.3 is 0 Å². The van der Waals surface area contributed by atoms with E-state index in [4.69, 9.17) is 4.74 Å². The molecule has 3 rings (SSSR count). The molecule has 0 unspecified atom stereocenters. The molecule has 0 spiro atoms. The average molecular weight is 342 g/mol. The summed E-state index contributed by atoms with van der Waals surface area (Å²) in [5.41, 5.74) is 1.90. The van der Waals surface area contributed by atoms with E-state index in [1.807, 2.05) is 24.3 Å². The molecule has 0 bridgehead atoms. The highest BCUT2D eigenvalue weighted by atomic mass is 16.5. The van der Waals surface area contributed by atoms with Gasteiger partial charge in [0.25, 0.3) is 0 Å². The molecule has 1 aromatic heterocycles. The molecule has 0 saturated heterocycles. The maximum absolute atomic E-state index is 12.1. The summed E-state index contributed by atoms with van der Waals surface area (Å²) in [7, 11) is 0. The second-order valence-corrected chi connectivity index (χ2v) is 6.87. The minimum atomic E-state index is -0.0327. The van der Waals surface area contributed by atoms with E-state index in [9.17, 15) is 4.79 Å². The summed E-state index contributed by atoms with van der Waals surface area (Å²) in [5.74, 6) is 0.726. The van der Waals surface area contributed by atoms with Crippen molar-refractivity contribution in [3.8, 4) is 0 Å². The van der Waals surface area contributed by atoms with Crippen molar-refractivity contribution < 1.29 is 9.53 Å². The standard InChI is InChI=1S/C19H26N4O2/c1-15-4-2-7-18(12-15)25-14-16-5-3-6-17(13-16)21-19(24)8-10-23-11-9-20-22-23/h3,5-6,9,11,13,15,18H,2,4,7-8,10,12,14H2,1H3,(H,21,24)/t15-,18+/m0/s1. The molecule has 6 nitrogen and oxygen atoms in total. The van der Waals surface area contributed by atoms with E-state index in [0.717, 1.165) is 30.0 Å². The number of amides is 1. The molecule has 0 aliphatic heterocycles. The van der Waals surface area contributed by atoms with Crippen LogP contribution in [0.15, 0.2) is 36.7 Å². The number of nitrogens with zero attached hydrogens (tertiary/aromatic N) is 3. The SMILES string of the molecule is C[C@H]1CCC[C@@H](OCc2cccc(NC(=O)CCn3ccnn3)c2)C1. The lowest BCUT2D eigenvalue weighted by atomic mass is 9.89. The van der Waals surface area contributed by atoms with Gasteiger partial charge in [-0.05, 0) is 36.5 Å². The highest BCUT2D eigenvalue weighted by Gasteiger charge is 2.19. The van der Waals surface area contributed by atoms with Crippen LogP contribution in [-0.2, 0) is 22.7 Å². The second-order valence-electron chi connectivity index (χ2n) is 6.87. The lowest BCUT2D eigenvalue weighted by Gasteiger charge is -2.26. The van der Waals surface area contributed by atoms with Crippen LogP contribution in [0.2, 0.25) is 0 Å². The summed E-state index contributed by atoms with van der Waals surface area (Å²) >= 11 is 0. The Morgan fingerprint density at radius 2 is 2.32 bits per heavy atom. The van der Waals surface area contributed by atoms with Gasteiger partial charge < -0.3 is 10.1 Å². The summed E-state index contributed by atoms with van der Waals surface area (Å²) in [6.07, 6.45) is 8.96. The summed E-state index contributed by atoms with van der Waals surface area (Å²) in [5, 5.41) is 10.5. The quantitative estimate of drug-likeness (QED) is 0.837. The molecule has 6 heteroatoms. The van der Waals surface area contributed by atoms with E-state index in [-0.39, 0.29) is 5.91 Å². The van der Waals surface area contributed by atoms with E-state index in [1.54, 1.807) is 17.1 Å². The van der Waals surface area contributed by atoms with Crippen LogP contribution in [0.3, 0.4) is 0 Å². The number of rotatable bonds is 7. The molecular formula is C19H26N4O2. The van der Waals surface area contributed by atoms with Crippen molar-refractivity contribution in [1.82, 2.24) is 15.0 Å². The van der Waals surface area contributed by atoms with Gasteiger partial charge in [-0.15, -0.1) is 5.10 Å². The lowest BCUT2D eigenvalue weighted by Crippen LogP contribution is -2.21. The molecular weight excluding hydrogens is 316 g/mol. The first kappa shape index (κ1) is 17.6. The van der Waals surface area contributed by atoms with Gasteiger partial charge in [0.05, 0.1) is 25.5 Å². The summed E-state index contributed by atoms with van der Waals surface area (Å²) in [6.45, 7) is 3.42. The average Bonchev–Trinajstić information content (AvgIpc) is 3.12. The minimum absolute atomic E-state index is 0.0327. The molecule has 1 amide bonds. The highest BCUT2D eigenvalue weighted by molar-refractivity contribution is 5.90. The van der Waals surface area contributed by atoms with Crippen LogP contribution in [0.4, 0.5) is 5.69 Å². The van der Waals surface area contributed by atoms with E-state index >= 15 is 0 Å². The Bertz CT molecular complexity index is 672. The number of benzene rings is 1. The Hall–Kier alpha value is -2.21. The molecule has 134 valence electrons. The molecule has 1 heterocycles. The first-order valence-corrected chi connectivity index (χ1v) is 9.03. The van der Waals surface area contributed by atoms with Crippen LogP contribution in [-0.4, -0.2) is 27.0 Å². The molecule has 1 fully saturated rings. The zero-order chi connectivity index (χ0) is 17.5. The van der Waals surface area contributed by atoms with Gasteiger partial charge in [0.2, 0.25) is 5.91 Å². The molecule has 2 atom stereocenters. The Labute approximate surface area is 148 Å². The number of aryl methyl sites for hydroxylation is 1. The second kappa shape index (κ2) is 8.76. The van der Waals surface area contributed by atoms with Crippen LogP contribution in [0.5, 0.6) is 0 Å². The number of anilines is 1. The monoisotopic (exact) mass is 342 g/mol. The normalized spacial score (nSPS) is 20.4. The maximum Gasteiger partial charge on any atom is 0.226 e. The van der Waals surface area contributed by atoms with Gasteiger partial charge in [-0.25, -0.2) is 0 Å². The van der Waals surface area contributed by atoms with E-state index < -0.39 is 0 Å². The Kier molecular flexibility index (Phi) is 6.17. The molecule has 25 heavy (non-hydrogen) atoms. The third-order valence-electron chi connectivity index (χ3n) is 4.62. The predicted octanol–water partition coefficient (Wildman–Crippen LogP) is 3.40. The topological polar surface area (TPSA) is 69.0 Å². The van der Waals surface area contributed by atoms with Crippen LogP contribution in [0, 0.1) is 5.92 Å². The van der Waals surface area contributed by atoms with Crippen molar-refractivity contribution in [2.45, 2.75) is 58.3 Å². The van der Waals surface area contributed by atoms with E-state index in [0.29, 0.717) is 25.7 Å². The maximum atomic E-state index is 12.1. The molecule has 0 radical (unpaired) electrons. The van der Waals surface area contributed by atoms with E-state index in [2.05, 4.69) is 22.6 Å². The fourth-order valence-electron chi connectivity index (χ4n) is 3.27. The van der Waals surface area contributed by atoms with Crippen molar-refractivity contribution in [3.63, 3.8) is 0 Å². The highest BCUT2D eigenvalue weighted by Crippen LogP contribution is 2.26.